The largest absolute Gasteiger partial charge is 0.341 e. The van der Waals surface area contributed by atoms with E-state index in [1.165, 1.54) is 0 Å². The molecule has 3 aromatic rings. The van der Waals surface area contributed by atoms with Crippen molar-refractivity contribution in [3.63, 3.8) is 0 Å². The normalized spacial score (nSPS) is 14.9. The molecule has 0 unspecified atom stereocenters. The average Bonchev–Trinajstić information content (AvgIpc) is 3.15. The van der Waals surface area contributed by atoms with Crippen LogP contribution in [0.2, 0.25) is 0 Å². The first-order valence-corrected chi connectivity index (χ1v) is 8.93. The van der Waals surface area contributed by atoms with Crippen LogP contribution in [0.25, 0.3) is 11.4 Å². The topological polar surface area (TPSA) is 97.0 Å². The van der Waals surface area contributed by atoms with Crippen LogP contribution in [-0.2, 0) is 4.79 Å². The van der Waals surface area contributed by atoms with Crippen LogP contribution in [0.5, 0.6) is 0 Å². The number of anilines is 2. The molecular formula is C19H20N6O2. The monoisotopic (exact) mass is 364 g/mol. The Kier molecular flexibility index (Phi) is 4.78. The van der Waals surface area contributed by atoms with Gasteiger partial charge in [0.05, 0.1) is 5.69 Å². The number of amides is 1. The van der Waals surface area contributed by atoms with E-state index in [9.17, 15) is 4.79 Å². The van der Waals surface area contributed by atoms with E-state index >= 15 is 0 Å². The summed E-state index contributed by atoms with van der Waals surface area (Å²) in [5.41, 5.74) is 1.44. The number of aryl methyl sites for hydroxylation is 1. The zero-order valence-electron chi connectivity index (χ0n) is 15.0. The van der Waals surface area contributed by atoms with Crippen LogP contribution in [0.1, 0.15) is 18.7 Å². The number of aromatic nitrogens is 4. The molecule has 27 heavy (non-hydrogen) atoms. The van der Waals surface area contributed by atoms with Crippen molar-refractivity contribution in [2.45, 2.75) is 19.8 Å². The number of carbonyl (C=O) groups is 1. The molecule has 1 aromatic carbocycles. The van der Waals surface area contributed by atoms with Crippen LogP contribution >= 0.6 is 0 Å². The maximum absolute atomic E-state index is 12.8. The molecule has 1 saturated heterocycles. The van der Waals surface area contributed by atoms with Crippen molar-refractivity contribution in [3.8, 4) is 11.4 Å². The number of piperidine rings is 1. The minimum atomic E-state index is -0.0509. The number of nitrogens with zero attached hydrogens (tertiary/aromatic N) is 5. The molecule has 8 nitrogen and oxygen atoms in total. The second-order valence-electron chi connectivity index (χ2n) is 6.48. The molecule has 1 fully saturated rings. The molecule has 0 bridgehead atoms. The molecule has 0 spiro atoms. The minimum Gasteiger partial charge on any atom is -0.341 e. The van der Waals surface area contributed by atoms with Crippen LogP contribution in [0.15, 0.2) is 47.2 Å². The number of hydrogen-bond donors (Lipinski definition) is 1. The van der Waals surface area contributed by atoms with Gasteiger partial charge < -0.3 is 14.7 Å². The smallest absolute Gasteiger partial charge is 0.227 e. The molecule has 0 atom stereocenters. The lowest BCUT2D eigenvalue weighted by atomic mass is 9.96. The fourth-order valence-electron chi connectivity index (χ4n) is 3.23. The number of carbonyl (C=O) groups excluding carboxylic acids is 1. The van der Waals surface area contributed by atoms with Crippen molar-refractivity contribution in [2.24, 2.45) is 5.92 Å². The average molecular weight is 364 g/mol. The molecule has 1 amide bonds. The highest BCUT2D eigenvalue weighted by atomic mass is 16.5. The maximum Gasteiger partial charge on any atom is 0.227 e. The van der Waals surface area contributed by atoms with Crippen LogP contribution in [0.3, 0.4) is 0 Å². The predicted molar refractivity (Wildman–Crippen MR) is 100 cm³/mol. The zero-order valence-corrected chi connectivity index (χ0v) is 15.0. The first-order valence-electron chi connectivity index (χ1n) is 8.93. The Morgan fingerprint density at radius 3 is 2.59 bits per heavy atom. The van der Waals surface area contributed by atoms with Crippen molar-refractivity contribution >= 4 is 17.5 Å². The van der Waals surface area contributed by atoms with E-state index in [0.717, 1.165) is 31.5 Å². The van der Waals surface area contributed by atoms with Crippen LogP contribution < -0.4 is 10.2 Å². The lowest BCUT2D eigenvalue weighted by molar-refractivity contribution is -0.120. The third-order valence-corrected chi connectivity index (χ3v) is 4.65. The fourth-order valence-corrected chi connectivity index (χ4v) is 3.23. The first-order chi connectivity index (χ1) is 13.2. The third-order valence-electron chi connectivity index (χ3n) is 4.65. The van der Waals surface area contributed by atoms with E-state index in [4.69, 9.17) is 4.52 Å². The molecule has 3 heterocycles. The standard InChI is InChI=1S/C19H20N6O2/c1-13-22-17(24-27-13)15-5-2-3-6-16(15)23-18(26)14-7-11-25(12-8-14)19-20-9-4-10-21-19/h2-6,9-10,14H,7-8,11-12H2,1H3,(H,23,26). The van der Waals surface area contributed by atoms with Gasteiger partial charge in [-0.3, -0.25) is 4.79 Å². The Morgan fingerprint density at radius 2 is 1.89 bits per heavy atom. The molecule has 1 N–H and O–H groups in total. The van der Waals surface area contributed by atoms with Crippen LogP contribution in [0, 0.1) is 12.8 Å². The Hall–Kier alpha value is -3.29. The summed E-state index contributed by atoms with van der Waals surface area (Å²) in [6.07, 6.45) is 4.98. The van der Waals surface area contributed by atoms with Gasteiger partial charge >= 0.3 is 0 Å². The second-order valence-corrected chi connectivity index (χ2v) is 6.48. The number of nitrogens with one attached hydrogen (secondary N) is 1. The van der Waals surface area contributed by atoms with Gasteiger partial charge in [-0.15, -0.1) is 0 Å². The summed E-state index contributed by atoms with van der Waals surface area (Å²) in [5, 5.41) is 6.98. The zero-order chi connectivity index (χ0) is 18.6. The molecule has 8 heteroatoms. The van der Waals surface area contributed by atoms with Crippen molar-refractivity contribution in [1.82, 2.24) is 20.1 Å². The van der Waals surface area contributed by atoms with Gasteiger partial charge in [0, 0.05) is 43.9 Å². The second kappa shape index (κ2) is 7.53. The highest BCUT2D eigenvalue weighted by Gasteiger charge is 2.26. The predicted octanol–water partition coefficient (Wildman–Crippen LogP) is 2.69. The Balaban J connectivity index is 1.42. The van der Waals surface area contributed by atoms with Crippen molar-refractivity contribution in [2.75, 3.05) is 23.3 Å². The lowest BCUT2D eigenvalue weighted by Gasteiger charge is -2.31. The highest BCUT2D eigenvalue weighted by molar-refractivity contribution is 5.96. The van der Waals surface area contributed by atoms with Gasteiger partial charge in [0.1, 0.15) is 0 Å². The molecule has 0 radical (unpaired) electrons. The first kappa shape index (κ1) is 17.1. The Bertz CT molecular complexity index is 919. The third kappa shape index (κ3) is 3.79. The minimum absolute atomic E-state index is 0.0105. The summed E-state index contributed by atoms with van der Waals surface area (Å²) >= 11 is 0. The van der Waals surface area contributed by atoms with Gasteiger partial charge in [-0.1, -0.05) is 17.3 Å². The van der Waals surface area contributed by atoms with E-state index < -0.39 is 0 Å². The summed E-state index contributed by atoms with van der Waals surface area (Å²) in [5.74, 6) is 1.64. The molecule has 0 saturated carbocycles. The summed E-state index contributed by atoms with van der Waals surface area (Å²) in [4.78, 5) is 27.7. The van der Waals surface area contributed by atoms with Gasteiger partial charge in [0.15, 0.2) is 0 Å². The lowest BCUT2D eigenvalue weighted by Crippen LogP contribution is -2.39. The highest BCUT2D eigenvalue weighted by Crippen LogP contribution is 2.27. The van der Waals surface area contributed by atoms with Gasteiger partial charge in [-0.25, -0.2) is 9.97 Å². The summed E-state index contributed by atoms with van der Waals surface area (Å²) in [7, 11) is 0. The number of benzene rings is 1. The van der Waals surface area contributed by atoms with Crippen LogP contribution in [0.4, 0.5) is 11.6 Å². The van der Waals surface area contributed by atoms with E-state index in [-0.39, 0.29) is 11.8 Å². The molecule has 138 valence electrons. The molecule has 1 aliphatic heterocycles. The van der Waals surface area contributed by atoms with Crippen molar-refractivity contribution < 1.29 is 9.32 Å². The summed E-state index contributed by atoms with van der Waals surface area (Å²) in [6, 6.07) is 9.28. The van der Waals surface area contributed by atoms with Crippen LogP contribution in [-0.4, -0.2) is 39.1 Å². The van der Waals surface area contributed by atoms with Gasteiger partial charge in [-0.05, 0) is 31.0 Å². The van der Waals surface area contributed by atoms with E-state index in [2.05, 4.69) is 30.3 Å². The molecule has 2 aromatic heterocycles. The van der Waals surface area contributed by atoms with Crippen molar-refractivity contribution in [3.05, 3.63) is 48.6 Å². The summed E-state index contributed by atoms with van der Waals surface area (Å²) in [6.45, 7) is 3.25. The fraction of sp³-hybridized carbons (Fsp3) is 0.316. The maximum atomic E-state index is 12.8. The van der Waals surface area contributed by atoms with Gasteiger partial charge in [-0.2, -0.15) is 4.98 Å². The SMILES string of the molecule is Cc1nc(-c2ccccc2NC(=O)C2CCN(c3ncccn3)CC2)no1. The Morgan fingerprint density at radius 1 is 1.15 bits per heavy atom. The van der Waals surface area contributed by atoms with E-state index in [1.54, 1.807) is 25.4 Å². The Labute approximate surface area is 156 Å². The molecule has 1 aliphatic rings. The summed E-state index contributed by atoms with van der Waals surface area (Å²) < 4.78 is 5.06. The quantitative estimate of drug-likeness (QED) is 0.760. The van der Waals surface area contributed by atoms with Gasteiger partial charge in [0.2, 0.25) is 23.6 Å². The van der Waals surface area contributed by atoms with E-state index in [0.29, 0.717) is 23.4 Å². The van der Waals surface area contributed by atoms with Gasteiger partial charge in [0.25, 0.3) is 0 Å². The molecular weight excluding hydrogens is 344 g/mol. The number of para-hydroxylation sites is 1. The molecule has 0 aliphatic carbocycles. The number of rotatable bonds is 4. The van der Waals surface area contributed by atoms with E-state index in [1.807, 2.05) is 24.3 Å². The number of hydrogen-bond acceptors (Lipinski definition) is 7. The van der Waals surface area contributed by atoms with Crippen molar-refractivity contribution in [1.29, 1.82) is 0 Å². The molecule has 4 rings (SSSR count).